The van der Waals surface area contributed by atoms with Crippen LogP contribution in [0.1, 0.15) is 140 Å². The van der Waals surface area contributed by atoms with E-state index in [4.69, 9.17) is 4.74 Å². The van der Waals surface area contributed by atoms with Crippen LogP contribution in [0.5, 0.6) is 0 Å². The molecule has 0 aliphatic carbocycles. The second kappa shape index (κ2) is 23.5. The molecule has 0 unspecified atom stereocenters. The number of fused-ring (bicyclic) bond motifs is 3. The average molecular weight is 650 g/mol. The SMILES string of the molecule is CN(C)c1ccc(CCCCCCCCCCCCOCCCCCCCCCCCCc2cc3ccccc3c3ccccc23)cc1. The molecule has 0 heterocycles. The van der Waals surface area contributed by atoms with Crippen LogP contribution in [0.15, 0.2) is 78.9 Å². The minimum Gasteiger partial charge on any atom is -0.381 e. The van der Waals surface area contributed by atoms with Crippen molar-refractivity contribution in [3.05, 3.63) is 90.0 Å². The van der Waals surface area contributed by atoms with Gasteiger partial charge in [-0.2, -0.15) is 0 Å². The van der Waals surface area contributed by atoms with Crippen molar-refractivity contribution < 1.29 is 4.74 Å². The molecule has 0 amide bonds. The molecule has 4 rings (SSSR count). The number of anilines is 1. The number of aryl methyl sites for hydroxylation is 2. The fourth-order valence-electron chi connectivity index (χ4n) is 7.28. The van der Waals surface area contributed by atoms with E-state index >= 15 is 0 Å². The molecule has 0 spiro atoms. The Bertz CT molecular complexity index is 1390. The number of nitrogens with zero attached hydrogens (tertiary/aromatic N) is 1. The summed E-state index contributed by atoms with van der Waals surface area (Å²) in [6, 6.07) is 29.3. The molecule has 4 aromatic rings. The van der Waals surface area contributed by atoms with Gasteiger partial charge in [-0.1, -0.05) is 169 Å². The van der Waals surface area contributed by atoms with Gasteiger partial charge < -0.3 is 9.64 Å². The van der Waals surface area contributed by atoms with Crippen molar-refractivity contribution in [1.29, 1.82) is 0 Å². The Kier molecular flexibility index (Phi) is 18.6. The molecule has 0 bridgehead atoms. The highest BCUT2D eigenvalue weighted by atomic mass is 16.5. The minimum absolute atomic E-state index is 0.966. The summed E-state index contributed by atoms with van der Waals surface area (Å²) in [6.07, 6.45) is 29.7. The molecule has 0 radical (unpaired) electrons. The smallest absolute Gasteiger partial charge is 0.0466 e. The van der Waals surface area contributed by atoms with Crippen molar-refractivity contribution in [2.24, 2.45) is 0 Å². The summed E-state index contributed by atoms with van der Waals surface area (Å²) in [4.78, 5) is 2.17. The third-order valence-corrected chi connectivity index (χ3v) is 10.3. The highest BCUT2D eigenvalue weighted by Crippen LogP contribution is 2.30. The standard InChI is InChI=1S/C46H67NO/c1-47(2)43-35-33-40(34-36-43)27-19-15-11-7-3-5-9-13-17-25-37-48-38-26-18-14-10-6-4-8-12-16-20-28-41-39-42-29-21-22-30-44(42)46-32-24-23-31-45(41)46/h21-24,29-36,39H,3-20,25-28,37-38H2,1-2H3. The van der Waals surface area contributed by atoms with Gasteiger partial charge in [-0.3, -0.25) is 0 Å². The Labute approximate surface area is 294 Å². The largest absolute Gasteiger partial charge is 0.381 e. The van der Waals surface area contributed by atoms with E-state index < -0.39 is 0 Å². The summed E-state index contributed by atoms with van der Waals surface area (Å²) < 4.78 is 5.92. The third-order valence-electron chi connectivity index (χ3n) is 10.3. The van der Waals surface area contributed by atoms with E-state index in [-0.39, 0.29) is 0 Å². The number of benzene rings is 4. The molecule has 4 aromatic carbocycles. The summed E-state index contributed by atoms with van der Waals surface area (Å²) in [5.41, 5.74) is 4.29. The van der Waals surface area contributed by atoms with Crippen LogP contribution in [-0.2, 0) is 17.6 Å². The van der Waals surface area contributed by atoms with Gasteiger partial charge in [-0.15, -0.1) is 0 Å². The van der Waals surface area contributed by atoms with Gasteiger partial charge in [-0.25, -0.2) is 0 Å². The highest BCUT2D eigenvalue weighted by Gasteiger charge is 2.06. The molecule has 0 atom stereocenters. The lowest BCUT2D eigenvalue weighted by molar-refractivity contribution is 0.125. The second-order valence-electron chi connectivity index (χ2n) is 14.5. The molecule has 0 aromatic heterocycles. The lowest BCUT2D eigenvalue weighted by Gasteiger charge is -2.12. The highest BCUT2D eigenvalue weighted by molar-refractivity contribution is 6.08. The maximum atomic E-state index is 5.92. The van der Waals surface area contributed by atoms with Crippen LogP contribution in [-0.4, -0.2) is 27.3 Å². The van der Waals surface area contributed by atoms with E-state index in [1.54, 1.807) is 0 Å². The second-order valence-corrected chi connectivity index (χ2v) is 14.5. The first-order valence-electron chi connectivity index (χ1n) is 20.0. The van der Waals surface area contributed by atoms with E-state index in [0.717, 1.165) is 13.2 Å². The molecule has 262 valence electrons. The Balaban J connectivity index is 0.849. The third kappa shape index (κ3) is 14.3. The topological polar surface area (TPSA) is 12.5 Å². The molecular formula is C46H67NO. The van der Waals surface area contributed by atoms with Gasteiger partial charge in [0.15, 0.2) is 0 Å². The van der Waals surface area contributed by atoms with Crippen LogP contribution in [0.25, 0.3) is 21.5 Å². The molecule has 0 N–H and O–H groups in total. The van der Waals surface area contributed by atoms with Gasteiger partial charge in [0.2, 0.25) is 0 Å². The molecule has 48 heavy (non-hydrogen) atoms. The summed E-state index contributed by atoms with van der Waals surface area (Å²) in [5.74, 6) is 0. The first kappa shape index (κ1) is 38.0. The van der Waals surface area contributed by atoms with Crippen molar-refractivity contribution in [2.45, 2.75) is 141 Å². The Hall–Kier alpha value is -2.84. The Morgan fingerprint density at radius 3 is 1.40 bits per heavy atom. The van der Waals surface area contributed by atoms with Gasteiger partial charge in [0.05, 0.1) is 0 Å². The fraction of sp³-hybridized carbons (Fsp3) is 0.565. The van der Waals surface area contributed by atoms with E-state index in [2.05, 4.69) is 97.9 Å². The first-order chi connectivity index (χ1) is 23.7. The van der Waals surface area contributed by atoms with E-state index in [1.165, 1.54) is 180 Å². The zero-order valence-corrected chi connectivity index (χ0v) is 30.8. The lowest BCUT2D eigenvalue weighted by Crippen LogP contribution is -2.08. The van der Waals surface area contributed by atoms with Gasteiger partial charge >= 0.3 is 0 Å². The van der Waals surface area contributed by atoms with Crippen molar-refractivity contribution in [2.75, 3.05) is 32.2 Å². The lowest BCUT2D eigenvalue weighted by atomic mass is 9.94. The monoisotopic (exact) mass is 650 g/mol. The number of ether oxygens (including phenoxy) is 1. The average Bonchev–Trinajstić information content (AvgIpc) is 3.11. The summed E-state index contributed by atoms with van der Waals surface area (Å²) in [5, 5.41) is 5.61. The zero-order valence-electron chi connectivity index (χ0n) is 30.8. The Morgan fingerprint density at radius 2 is 0.854 bits per heavy atom. The Morgan fingerprint density at radius 1 is 0.417 bits per heavy atom. The molecule has 0 fully saturated rings. The van der Waals surface area contributed by atoms with Crippen molar-refractivity contribution in [3.63, 3.8) is 0 Å². The maximum Gasteiger partial charge on any atom is 0.0466 e. The van der Waals surface area contributed by atoms with Crippen LogP contribution in [0, 0.1) is 0 Å². The molecule has 0 aliphatic heterocycles. The van der Waals surface area contributed by atoms with E-state index in [1.807, 2.05) is 0 Å². The van der Waals surface area contributed by atoms with Gasteiger partial charge in [-0.05, 0) is 83.3 Å². The van der Waals surface area contributed by atoms with Gasteiger partial charge in [0, 0.05) is 33.0 Å². The molecule has 2 heteroatoms. The minimum atomic E-state index is 0.966. The van der Waals surface area contributed by atoms with Crippen LogP contribution in [0.4, 0.5) is 5.69 Å². The van der Waals surface area contributed by atoms with Crippen LogP contribution < -0.4 is 4.90 Å². The predicted octanol–water partition coefficient (Wildman–Crippen LogP) is 13.7. The van der Waals surface area contributed by atoms with Crippen LogP contribution in [0.3, 0.4) is 0 Å². The number of hydrogen-bond acceptors (Lipinski definition) is 2. The van der Waals surface area contributed by atoms with Crippen LogP contribution in [0.2, 0.25) is 0 Å². The van der Waals surface area contributed by atoms with Crippen LogP contribution >= 0.6 is 0 Å². The zero-order chi connectivity index (χ0) is 33.5. The summed E-state index contributed by atoms with van der Waals surface area (Å²) in [6.45, 7) is 1.93. The predicted molar refractivity (Wildman–Crippen MR) is 213 cm³/mol. The number of rotatable bonds is 27. The number of hydrogen-bond donors (Lipinski definition) is 0. The molecule has 0 aliphatic rings. The number of unbranched alkanes of at least 4 members (excludes halogenated alkanes) is 18. The molecule has 0 saturated heterocycles. The molecular weight excluding hydrogens is 583 g/mol. The maximum absolute atomic E-state index is 5.92. The quantitative estimate of drug-likeness (QED) is 0.0471. The first-order valence-corrected chi connectivity index (χ1v) is 20.0. The molecule has 2 nitrogen and oxygen atoms in total. The van der Waals surface area contributed by atoms with E-state index in [9.17, 15) is 0 Å². The van der Waals surface area contributed by atoms with Crippen molar-refractivity contribution in [3.8, 4) is 0 Å². The normalized spacial score (nSPS) is 11.5. The van der Waals surface area contributed by atoms with Crippen molar-refractivity contribution in [1.82, 2.24) is 0 Å². The molecule has 0 saturated carbocycles. The van der Waals surface area contributed by atoms with Gasteiger partial charge in [0.25, 0.3) is 0 Å². The van der Waals surface area contributed by atoms with E-state index in [0.29, 0.717) is 0 Å². The summed E-state index contributed by atoms with van der Waals surface area (Å²) in [7, 11) is 4.21. The fourth-order valence-corrected chi connectivity index (χ4v) is 7.28. The van der Waals surface area contributed by atoms with Gasteiger partial charge in [0.1, 0.15) is 0 Å². The summed E-state index contributed by atoms with van der Waals surface area (Å²) >= 11 is 0. The van der Waals surface area contributed by atoms with Crippen molar-refractivity contribution >= 4 is 27.2 Å².